The van der Waals surface area contributed by atoms with Crippen molar-refractivity contribution in [3.8, 4) is 95.9 Å². The van der Waals surface area contributed by atoms with Crippen molar-refractivity contribution in [3.05, 3.63) is 388 Å². The molecule has 0 saturated carbocycles. The van der Waals surface area contributed by atoms with Gasteiger partial charge in [-0.2, -0.15) is 0 Å². The Balaban J connectivity index is 0.000000107. The van der Waals surface area contributed by atoms with E-state index in [1.807, 2.05) is 103 Å². The molecule has 0 N–H and O–H groups in total. The molecule has 22 rings (SSSR count). The van der Waals surface area contributed by atoms with Crippen LogP contribution in [0, 0.1) is 0 Å². The van der Waals surface area contributed by atoms with Gasteiger partial charge in [0.05, 0.1) is 49.3 Å². The lowest BCUT2D eigenvalue weighted by atomic mass is 9.98. The number of nitrogens with zero attached hydrogens (tertiary/aromatic N) is 6. The molecule has 0 atom stereocenters. The first-order valence-corrected chi connectivity index (χ1v) is 36.3. The van der Waals surface area contributed by atoms with Crippen LogP contribution in [0.3, 0.4) is 0 Å². The Hall–Kier alpha value is -14.7. The van der Waals surface area contributed by atoms with Crippen molar-refractivity contribution in [2.45, 2.75) is 0 Å². The molecule has 0 bridgehead atoms. The maximum atomic E-state index is 6.49. The first-order valence-electron chi connectivity index (χ1n) is 36.3. The highest BCUT2D eigenvalue weighted by Gasteiger charge is 2.24. The quantitative estimate of drug-likeness (QED) is 0.135. The van der Waals surface area contributed by atoms with E-state index in [0.717, 1.165) is 132 Å². The number of oxazole rings is 3. The van der Waals surface area contributed by atoms with Gasteiger partial charge in [0.2, 0.25) is 17.7 Å². The van der Waals surface area contributed by atoms with Crippen LogP contribution in [-0.2, 0) is 0 Å². The van der Waals surface area contributed by atoms with Crippen LogP contribution < -0.4 is 0 Å². The number of hydrogen-bond donors (Lipinski definition) is 0. The fourth-order valence-electron chi connectivity index (χ4n) is 15.5. The van der Waals surface area contributed by atoms with Gasteiger partial charge in [-0.25, -0.2) is 15.0 Å². The van der Waals surface area contributed by atoms with Gasteiger partial charge in [0.1, 0.15) is 16.6 Å². The zero-order valence-corrected chi connectivity index (χ0v) is 58.4. The van der Waals surface area contributed by atoms with Crippen LogP contribution in [0.2, 0.25) is 0 Å². The summed E-state index contributed by atoms with van der Waals surface area (Å²) in [7, 11) is 0. The van der Waals surface area contributed by atoms with Crippen LogP contribution in [0.4, 0.5) is 0 Å². The lowest BCUT2D eigenvalue weighted by Gasteiger charge is -2.14. The standard InChI is InChI=1S/C37H24N2O.2C31H20N2O/c1-4-12-25(13-5-1)28-22-29(26-14-6-2-7-15-26)24-30(23-28)39-33-19-11-10-18-31(33)35-34(39)21-20-32-36(35)40-37(38-32)27-16-8-3-9-17-27;1-3-10-21(11-4-1)23-14-9-15-24(20-23)33-27-17-8-7-16-25(27)29-28(33)19-18-26-30(29)34-31(32-26)22-12-5-2-6-13-22;1-3-9-21(10-4-1)22-15-17-24(18-16-22)33-27-14-8-7-13-25(27)29-28(33)20-19-26-30(29)34-31(32-26)23-11-5-2-6-12-23/h1-24H;2*1-20H. The summed E-state index contributed by atoms with van der Waals surface area (Å²) in [4.78, 5) is 14.4. The van der Waals surface area contributed by atoms with E-state index in [1.165, 1.54) is 44.5 Å². The number of benzene rings is 16. The van der Waals surface area contributed by atoms with Crippen LogP contribution in [0.1, 0.15) is 0 Å². The summed E-state index contributed by atoms with van der Waals surface area (Å²) in [5.41, 5.74) is 27.6. The van der Waals surface area contributed by atoms with Crippen LogP contribution >= 0.6 is 0 Å². The molecule has 0 aliphatic rings. The second kappa shape index (κ2) is 26.9. The maximum Gasteiger partial charge on any atom is 0.227 e. The summed E-state index contributed by atoms with van der Waals surface area (Å²) < 4.78 is 26.2. The number of fused-ring (bicyclic) bond motifs is 15. The molecule has 9 nitrogen and oxygen atoms in total. The van der Waals surface area contributed by atoms with E-state index in [9.17, 15) is 0 Å². The molecule has 16 aromatic carbocycles. The molecular weight excluding hydrogens is 1320 g/mol. The Labute approximate surface area is 621 Å². The average molecular weight is 1390 g/mol. The Morgan fingerprint density at radius 1 is 0.176 bits per heavy atom. The molecule has 0 aliphatic heterocycles. The summed E-state index contributed by atoms with van der Waals surface area (Å²) in [5.74, 6) is 1.93. The lowest BCUT2D eigenvalue weighted by Crippen LogP contribution is -1.96. The van der Waals surface area contributed by atoms with Gasteiger partial charge in [-0.3, -0.25) is 0 Å². The minimum absolute atomic E-state index is 0.636. The first kappa shape index (κ1) is 63.1. The third-order valence-corrected chi connectivity index (χ3v) is 20.5. The Morgan fingerprint density at radius 3 is 0.824 bits per heavy atom. The number of hydrogen-bond acceptors (Lipinski definition) is 6. The minimum Gasteiger partial charge on any atom is -0.435 e. The van der Waals surface area contributed by atoms with E-state index < -0.39 is 0 Å². The second-order valence-corrected chi connectivity index (χ2v) is 27.0. The summed E-state index contributed by atoms with van der Waals surface area (Å²) >= 11 is 0. The fourth-order valence-corrected chi connectivity index (χ4v) is 15.5. The topological polar surface area (TPSA) is 92.9 Å². The molecule has 0 amide bonds. The molecule has 0 unspecified atom stereocenters. The molecule has 0 spiro atoms. The molecular formula is C99H64N6O3. The smallest absolute Gasteiger partial charge is 0.227 e. The van der Waals surface area contributed by atoms with E-state index in [4.69, 9.17) is 28.2 Å². The highest BCUT2D eigenvalue weighted by molar-refractivity contribution is 6.22. The van der Waals surface area contributed by atoms with E-state index >= 15 is 0 Å². The van der Waals surface area contributed by atoms with Crippen molar-refractivity contribution < 1.29 is 13.3 Å². The van der Waals surface area contributed by atoms with Gasteiger partial charge >= 0.3 is 0 Å². The van der Waals surface area contributed by atoms with Crippen molar-refractivity contribution in [2.24, 2.45) is 0 Å². The molecule has 6 aromatic heterocycles. The van der Waals surface area contributed by atoms with E-state index in [0.29, 0.717) is 17.7 Å². The van der Waals surface area contributed by atoms with E-state index in [1.54, 1.807) is 0 Å². The molecule has 22 aromatic rings. The molecule has 0 radical (unpaired) electrons. The Kier molecular flexibility index (Phi) is 15.7. The molecule has 508 valence electrons. The number of para-hydroxylation sites is 3. The van der Waals surface area contributed by atoms with Crippen molar-refractivity contribution in [3.63, 3.8) is 0 Å². The third kappa shape index (κ3) is 11.3. The molecule has 0 aliphatic carbocycles. The van der Waals surface area contributed by atoms with Crippen molar-refractivity contribution in [2.75, 3.05) is 0 Å². The Morgan fingerprint density at radius 2 is 0.454 bits per heavy atom. The summed E-state index contributed by atoms with van der Waals surface area (Å²) in [6.07, 6.45) is 0. The fraction of sp³-hybridized carbons (Fsp3) is 0. The second-order valence-electron chi connectivity index (χ2n) is 27.0. The summed E-state index contributed by atoms with van der Waals surface area (Å²) in [6.45, 7) is 0. The Bertz CT molecular complexity index is 7010. The SMILES string of the molecule is c1ccc(-c2cc(-c3ccccc3)cc(-n3c4ccccc4c4c5oc(-c6ccccc6)nc5ccc43)c2)cc1.c1ccc(-c2ccc(-n3c4ccccc4c4c5oc(-c6ccccc6)nc5ccc43)cc2)cc1.c1ccc(-c2cccc(-n3c4ccccc4c4c5oc(-c6ccccc6)nc5ccc43)c2)cc1. The predicted octanol–water partition coefficient (Wildman–Crippen LogP) is 26.4. The van der Waals surface area contributed by atoms with Crippen LogP contribution in [-0.4, -0.2) is 28.7 Å². The van der Waals surface area contributed by atoms with Gasteiger partial charge in [0.25, 0.3) is 0 Å². The zero-order chi connectivity index (χ0) is 71.4. The first-order chi connectivity index (χ1) is 53.6. The van der Waals surface area contributed by atoms with E-state index in [-0.39, 0.29) is 0 Å². The van der Waals surface area contributed by atoms with Gasteiger partial charge in [-0.15, -0.1) is 0 Å². The lowest BCUT2D eigenvalue weighted by molar-refractivity contribution is 0.622. The van der Waals surface area contributed by atoms with Crippen LogP contribution in [0.5, 0.6) is 0 Å². The number of rotatable bonds is 10. The normalized spacial score (nSPS) is 11.5. The predicted molar refractivity (Wildman–Crippen MR) is 443 cm³/mol. The summed E-state index contributed by atoms with van der Waals surface area (Å²) in [5, 5.41) is 6.72. The molecule has 6 heterocycles. The minimum atomic E-state index is 0.636. The maximum absolute atomic E-state index is 6.49. The number of aromatic nitrogens is 6. The highest BCUT2D eigenvalue weighted by Crippen LogP contribution is 2.44. The largest absolute Gasteiger partial charge is 0.435 e. The van der Waals surface area contributed by atoms with Crippen LogP contribution in [0.15, 0.2) is 401 Å². The van der Waals surface area contributed by atoms with Crippen LogP contribution in [0.25, 0.3) is 195 Å². The monoisotopic (exact) mass is 1380 g/mol. The van der Waals surface area contributed by atoms with Gasteiger partial charge < -0.3 is 27.0 Å². The molecule has 9 heteroatoms. The molecule has 0 saturated heterocycles. The third-order valence-electron chi connectivity index (χ3n) is 20.5. The molecule has 0 fully saturated rings. The van der Waals surface area contributed by atoms with Gasteiger partial charge in [-0.1, -0.05) is 255 Å². The van der Waals surface area contributed by atoms with Gasteiger partial charge in [0, 0.05) is 49.9 Å². The van der Waals surface area contributed by atoms with Crippen molar-refractivity contribution in [1.82, 2.24) is 28.7 Å². The molecule has 108 heavy (non-hydrogen) atoms. The zero-order valence-electron chi connectivity index (χ0n) is 58.4. The highest BCUT2D eigenvalue weighted by atomic mass is 16.4. The van der Waals surface area contributed by atoms with Gasteiger partial charge in [0.15, 0.2) is 16.7 Å². The average Bonchev–Trinajstić information content (AvgIpc) is 1.58. The van der Waals surface area contributed by atoms with Gasteiger partial charge in [-0.05, 0) is 178 Å². The summed E-state index contributed by atoms with van der Waals surface area (Å²) in [6, 6.07) is 135. The van der Waals surface area contributed by atoms with Crippen molar-refractivity contribution in [1.29, 1.82) is 0 Å². The van der Waals surface area contributed by atoms with Crippen molar-refractivity contribution >= 4 is 98.7 Å². The van der Waals surface area contributed by atoms with E-state index in [2.05, 4.69) is 299 Å².